The second-order valence-corrected chi connectivity index (χ2v) is 10.8. The van der Waals surface area contributed by atoms with Crippen molar-refractivity contribution in [3.8, 4) is 5.75 Å². The molecule has 0 bridgehead atoms. The van der Waals surface area contributed by atoms with E-state index in [9.17, 15) is 4.79 Å². The number of hydrogen-bond acceptors (Lipinski definition) is 6. The van der Waals surface area contributed by atoms with Gasteiger partial charge in [-0.15, -0.1) is 11.3 Å². The number of piperazine rings is 1. The van der Waals surface area contributed by atoms with Crippen molar-refractivity contribution in [3.63, 3.8) is 0 Å². The van der Waals surface area contributed by atoms with Crippen molar-refractivity contribution in [2.24, 2.45) is 5.92 Å². The molecule has 0 saturated carbocycles. The molecule has 6 nitrogen and oxygen atoms in total. The summed E-state index contributed by atoms with van der Waals surface area (Å²) >= 11 is 1.87. The van der Waals surface area contributed by atoms with Crippen molar-refractivity contribution < 1.29 is 9.53 Å². The van der Waals surface area contributed by atoms with Gasteiger partial charge >= 0.3 is 0 Å². The number of aryl methyl sites for hydroxylation is 1. The van der Waals surface area contributed by atoms with Crippen LogP contribution in [-0.2, 0) is 12.8 Å². The highest BCUT2D eigenvalue weighted by Gasteiger charge is 2.30. The van der Waals surface area contributed by atoms with Crippen LogP contribution in [0.3, 0.4) is 0 Å². The van der Waals surface area contributed by atoms with Gasteiger partial charge in [0.25, 0.3) is 5.91 Å². The monoisotopic (exact) mass is 478 g/mol. The Hall–Kier alpha value is -2.67. The average molecular weight is 479 g/mol. The smallest absolute Gasteiger partial charge is 0.257 e. The van der Waals surface area contributed by atoms with E-state index in [1.807, 2.05) is 40.5 Å². The fourth-order valence-corrected chi connectivity index (χ4v) is 6.47. The van der Waals surface area contributed by atoms with Crippen LogP contribution in [0.4, 0.5) is 5.82 Å². The van der Waals surface area contributed by atoms with Crippen LogP contribution in [0.5, 0.6) is 5.75 Å². The van der Waals surface area contributed by atoms with Gasteiger partial charge in [-0.2, -0.15) is 0 Å². The highest BCUT2D eigenvalue weighted by molar-refractivity contribution is 7.19. The molecule has 1 aliphatic carbocycles. The minimum Gasteiger partial charge on any atom is -0.496 e. The van der Waals surface area contributed by atoms with Crippen LogP contribution < -0.4 is 9.64 Å². The van der Waals surface area contributed by atoms with E-state index in [2.05, 4.69) is 25.7 Å². The van der Waals surface area contributed by atoms with E-state index in [4.69, 9.17) is 14.7 Å². The molecule has 0 radical (unpaired) electrons. The predicted molar refractivity (Wildman–Crippen MR) is 138 cm³/mol. The van der Waals surface area contributed by atoms with Gasteiger partial charge in [-0.1, -0.05) is 32.9 Å². The van der Waals surface area contributed by atoms with Gasteiger partial charge in [-0.05, 0) is 49.3 Å². The molecule has 3 aromatic rings. The second kappa shape index (κ2) is 9.53. The Morgan fingerprint density at radius 1 is 1.21 bits per heavy atom. The van der Waals surface area contributed by atoms with Crippen molar-refractivity contribution in [2.45, 2.75) is 52.4 Å². The molecule has 1 saturated heterocycles. The first-order valence-electron chi connectivity index (χ1n) is 12.5. The third-order valence-electron chi connectivity index (χ3n) is 7.41. The number of rotatable bonds is 5. The lowest BCUT2D eigenvalue weighted by Crippen LogP contribution is -2.49. The highest BCUT2D eigenvalue weighted by Crippen LogP contribution is 2.42. The lowest BCUT2D eigenvalue weighted by Gasteiger charge is -2.36. The molecule has 1 fully saturated rings. The second-order valence-electron chi connectivity index (χ2n) is 9.73. The summed E-state index contributed by atoms with van der Waals surface area (Å²) < 4.78 is 5.42. The van der Waals surface area contributed by atoms with E-state index in [0.717, 1.165) is 54.7 Å². The summed E-state index contributed by atoms with van der Waals surface area (Å²) in [6.45, 7) is 9.64. The summed E-state index contributed by atoms with van der Waals surface area (Å²) in [5.74, 6) is 3.75. The summed E-state index contributed by atoms with van der Waals surface area (Å²) in [6.07, 6.45) is 4.51. The Bertz CT molecular complexity index is 1200. The molecule has 3 heterocycles. The van der Waals surface area contributed by atoms with E-state index in [1.54, 1.807) is 7.11 Å². The number of fused-ring (bicyclic) bond motifs is 3. The van der Waals surface area contributed by atoms with Crippen LogP contribution in [0.1, 0.15) is 66.2 Å². The lowest BCUT2D eigenvalue weighted by molar-refractivity contribution is 0.0743. The third-order valence-corrected chi connectivity index (χ3v) is 8.56. The summed E-state index contributed by atoms with van der Waals surface area (Å²) in [7, 11) is 1.61. The Morgan fingerprint density at radius 3 is 2.71 bits per heavy atom. The third kappa shape index (κ3) is 4.15. The van der Waals surface area contributed by atoms with Gasteiger partial charge in [-0.3, -0.25) is 4.79 Å². The molecule has 0 N–H and O–H groups in total. The van der Waals surface area contributed by atoms with Crippen molar-refractivity contribution in [1.82, 2.24) is 14.9 Å². The molecule has 7 heteroatoms. The van der Waals surface area contributed by atoms with Crippen LogP contribution in [0.2, 0.25) is 0 Å². The maximum absolute atomic E-state index is 13.2. The largest absolute Gasteiger partial charge is 0.496 e. The normalized spacial score (nSPS) is 19.2. The number of para-hydroxylation sites is 1. The molecular formula is C27H34N4O2S. The number of thiophene rings is 1. The molecule has 180 valence electrons. The van der Waals surface area contributed by atoms with E-state index in [0.29, 0.717) is 30.3 Å². The van der Waals surface area contributed by atoms with Gasteiger partial charge in [0.05, 0.1) is 18.1 Å². The van der Waals surface area contributed by atoms with Crippen molar-refractivity contribution in [2.75, 3.05) is 38.2 Å². The molecule has 1 amide bonds. The summed E-state index contributed by atoms with van der Waals surface area (Å²) in [5.41, 5.74) is 2.10. The van der Waals surface area contributed by atoms with Crippen LogP contribution in [-0.4, -0.2) is 54.1 Å². The van der Waals surface area contributed by atoms with Crippen LogP contribution in [0.15, 0.2) is 24.3 Å². The van der Waals surface area contributed by atoms with Gasteiger partial charge in [0.1, 0.15) is 22.2 Å². The number of carbonyl (C=O) groups excluding carboxylic acids is 1. The predicted octanol–water partition coefficient (Wildman–Crippen LogP) is 5.30. The molecule has 5 rings (SSSR count). The standard InChI is InChI=1S/C27H34N4O2S/c1-5-18(3)24-28-25(23-20-11-10-17(2)16-22(20)34-26(23)29-24)30-12-14-31(15-13-30)27(32)19-8-6-7-9-21(19)33-4/h6-9,17-18H,5,10-16H2,1-4H3/t17-,18+/m0/s1. The van der Waals surface area contributed by atoms with Gasteiger partial charge in [0.15, 0.2) is 0 Å². The fraction of sp³-hybridized carbons (Fsp3) is 0.519. The maximum atomic E-state index is 13.2. The van der Waals surface area contributed by atoms with Crippen LogP contribution in [0, 0.1) is 5.92 Å². The number of ether oxygens (including phenoxy) is 1. The lowest BCUT2D eigenvalue weighted by atomic mass is 9.89. The van der Waals surface area contributed by atoms with E-state index in [-0.39, 0.29) is 5.91 Å². The van der Waals surface area contributed by atoms with Crippen molar-refractivity contribution in [1.29, 1.82) is 0 Å². The topological polar surface area (TPSA) is 58.6 Å². The number of anilines is 1. The fourth-order valence-electron chi connectivity index (χ4n) is 5.08. The van der Waals surface area contributed by atoms with Gasteiger partial charge in [0, 0.05) is 37.0 Å². The first kappa shape index (κ1) is 23.1. The molecule has 2 atom stereocenters. The van der Waals surface area contributed by atoms with Crippen LogP contribution in [0.25, 0.3) is 10.2 Å². The zero-order chi connectivity index (χ0) is 23.8. The van der Waals surface area contributed by atoms with Gasteiger partial charge in [-0.25, -0.2) is 9.97 Å². The molecule has 1 aliphatic heterocycles. The zero-order valence-corrected chi connectivity index (χ0v) is 21.5. The summed E-state index contributed by atoms with van der Waals surface area (Å²) in [5, 5.41) is 1.27. The molecule has 0 spiro atoms. The quantitative estimate of drug-likeness (QED) is 0.498. The Kier molecular flexibility index (Phi) is 6.47. The van der Waals surface area contributed by atoms with E-state index >= 15 is 0 Å². The van der Waals surface area contributed by atoms with Crippen LogP contribution >= 0.6 is 11.3 Å². The SMILES string of the molecule is CC[C@@H](C)c1nc(N2CCN(C(=O)c3ccccc3OC)CC2)c2c3c(sc2n1)C[C@@H](C)CC3. The maximum Gasteiger partial charge on any atom is 0.257 e. The summed E-state index contributed by atoms with van der Waals surface area (Å²) in [6, 6.07) is 7.47. The number of benzene rings is 1. The Labute approximate surface area is 206 Å². The van der Waals surface area contributed by atoms with E-state index in [1.165, 1.54) is 22.2 Å². The minimum atomic E-state index is 0.0344. The van der Waals surface area contributed by atoms with Crippen molar-refractivity contribution >= 4 is 33.3 Å². The number of methoxy groups -OCH3 is 1. The average Bonchev–Trinajstić information content (AvgIpc) is 3.24. The first-order chi connectivity index (χ1) is 16.5. The van der Waals surface area contributed by atoms with Gasteiger partial charge in [0.2, 0.25) is 0 Å². The number of carbonyl (C=O) groups is 1. The number of hydrogen-bond donors (Lipinski definition) is 0. The first-order valence-corrected chi connectivity index (χ1v) is 13.3. The Morgan fingerprint density at radius 2 is 1.97 bits per heavy atom. The molecule has 34 heavy (non-hydrogen) atoms. The zero-order valence-electron chi connectivity index (χ0n) is 20.6. The molecule has 2 aliphatic rings. The number of aromatic nitrogens is 2. The van der Waals surface area contributed by atoms with Crippen molar-refractivity contribution in [3.05, 3.63) is 46.1 Å². The van der Waals surface area contributed by atoms with Gasteiger partial charge < -0.3 is 14.5 Å². The molecular weight excluding hydrogens is 444 g/mol. The molecule has 0 unspecified atom stereocenters. The highest BCUT2D eigenvalue weighted by atomic mass is 32.1. The number of nitrogens with zero attached hydrogens (tertiary/aromatic N) is 4. The molecule has 2 aromatic heterocycles. The minimum absolute atomic E-state index is 0.0344. The van der Waals surface area contributed by atoms with E-state index < -0.39 is 0 Å². The Balaban J connectivity index is 1.45. The summed E-state index contributed by atoms with van der Waals surface area (Å²) in [4.78, 5) is 30.3. The number of amides is 1. The molecule has 1 aromatic carbocycles.